The van der Waals surface area contributed by atoms with Crippen LogP contribution < -0.4 is 15.0 Å². The number of hydrogen-bond donors (Lipinski definition) is 1. The van der Waals surface area contributed by atoms with Crippen LogP contribution in [-0.2, 0) is 11.3 Å². The van der Waals surface area contributed by atoms with E-state index >= 15 is 0 Å². The topological polar surface area (TPSA) is 41.6 Å². The number of fused-ring (bicyclic) bond motifs is 1. The molecule has 0 aliphatic heterocycles. The normalized spacial score (nSPS) is 11.8. The van der Waals surface area contributed by atoms with E-state index in [1.54, 1.807) is 6.92 Å². The molecule has 4 heteroatoms. The van der Waals surface area contributed by atoms with E-state index in [0.29, 0.717) is 6.54 Å². The summed E-state index contributed by atoms with van der Waals surface area (Å²) in [5.41, 5.74) is 2.27. The van der Waals surface area contributed by atoms with Crippen LogP contribution in [0.2, 0.25) is 0 Å². The Labute approximate surface area is 167 Å². The fraction of sp³-hybridized carbons (Fsp3) is 0.292. The Bertz CT molecular complexity index is 912. The molecule has 0 heterocycles. The number of carbonyl (C=O) groups is 1. The van der Waals surface area contributed by atoms with Crippen molar-refractivity contribution in [3.63, 3.8) is 0 Å². The third-order valence-electron chi connectivity index (χ3n) is 4.95. The molecule has 1 amide bonds. The van der Waals surface area contributed by atoms with Crippen molar-refractivity contribution in [1.82, 2.24) is 5.32 Å². The van der Waals surface area contributed by atoms with Crippen molar-refractivity contribution in [1.29, 1.82) is 0 Å². The van der Waals surface area contributed by atoms with Crippen LogP contribution in [-0.4, -0.2) is 25.1 Å². The lowest BCUT2D eigenvalue weighted by Crippen LogP contribution is -2.35. The highest BCUT2D eigenvalue weighted by Gasteiger charge is 2.15. The summed E-state index contributed by atoms with van der Waals surface area (Å²) < 4.78 is 5.94. The van der Waals surface area contributed by atoms with Gasteiger partial charge in [0.15, 0.2) is 6.10 Å². The summed E-state index contributed by atoms with van der Waals surface area (Å²) in [5.74, 6) is 0.602. The largest absolute Gasteiger partial charge is 0.480 e. The molecular weight excluding hydrogens is 348 g/mol. The Kier molecular flexibility index (Phi) is 6.53. The molecule has 0 saturated carbocycles. The first-order valence-corrected chi connectivity index (χ1v) is 9.88. The molecule has 1 N–H and O–H groups in total. The van der Waals surface area contributed by atoms with E-state index in [1.165, 1.54) is 5.69 Å². The van der Waals surface area contributed by atoms with E-state index in [0.717, 1.165) is 35.2 Å². The minimum atomic E-state index is -0.569. The van der Waals surface area contributed by atoms with Crippen LogP contribution in [0.15, 0.2) is 66.7 Å². The average molecular weight is 377 g/mol. The van der Waals surface area contributed by atoms with E-state index in [-0.39, 0.29) is 5.91 Å². The standard InChI is InChI=1S/C24H28N2O2/c1-4-26(5-2)21-15-13-19(14-16-21)17-25-24(27)18(3)28-23-12-8-10-20-9-6-7-11-22(20)23/h6-16,18H,4-5,17H2,1-3H3,(H,25,27)/t18-/m1/s1. The van der Waals surface area contributed by atoms with Crippen molar-refractivity contribution in [3.8, 4) is 5.75 Å². The summed E-state index contributed by atoms with van der Waals surface area (Å²) in [4.78, 5) is 14.8. The van der Waals surface area contributed by atoms with Crippen molar-refractivity contribution >= 4 is 22.4 Å². The fourth-order valence-corrected chi connectivity index (χ4v) is 3.29. The number of nitrogens with one attached hydrogen (secondary N) is 1. The van der Waals surface area contributed by atoms with Crippen molar-refractivity contribution < 1.29 is 9.53 Å². The summed E-state index contributed by atoms with van der Waals surface area (Å²) in [6.07, 6.45) is -0.569. The molecule has 0 radical (unpaired) electrons. The molecule has 4 nitrogen and oxygen atoms in total. The molecule has 3 aromatic carbocycles. The quantitative estimate of drug-likeness (QED) is 0.616. The highest BCUT2D eigenvalue weighted by Crippen LogP contribution is 2.26. The predicted molar refractivity (Wildman–Crippen MR) is 116 cm³/mol. The van der Waals surface area contributed by atoms with Gasteiger partial charge in [-0.1, -0.05) is 48.5 Å². The number of rotatable bonds is 8. The van der Waals surface area contributed by atoms with Crippen LogP contribution in [0.1, 0.15) is 26.3 Å². The lowest BCUT2D eigenvalue weighted by Gasteiger charge is -2.21. The number of hydrogen-bond acceptors (Lipinski definition) is 3. The molecule has 0 spiro atoms. The molecule has 0 bridgehead atoms. The summed E-state index contributed by atoms with van der Waals surface area (Å²) in [6.45, 7) is 8.52. The molecule has 0 saturated heterocycles. The van der Waals surface area contributed by atoms with Crippen molar-refractivity contribution in [3.05, 3.63) is 72.3 Å². The van der Waals surface area contributed by atoms with Crippen LogP contribution in [0.5, 0.6) is 5.75 Å². The molecule has 146 valence electrons. The van der Waals surface area contributed by atoms with Gasteiger partial charge in [-0.25, -0.2) is 0 Å². The van der Waals surface area contributed by atoms with Gasteiger partial charge >= 0.3 is 0 Å². The zero-order valence-corrected chi connectivity index (χ0v) is 16.8. The SMILES string of the molecule is CCN(CC)c1ccc(CNC(=O)[C@@H](C)Oc2cccc3ccccc23)cc1. The second kappa shape index (κ2) is 9.27. The highest BCUT2D eigenvalue weighted by molar-refractivity contribution is 5.89. The Hall–Kier alpha value is -3.01. The van der Waals surface area contributed by atoms with E-state index in [2.05, 4.69) is 48.3 Å². The monoisotopic (exact) mass is 376 g/mol. The molecule has 0 unspecified atom stereocenters. The molecule has 3 aromatic rings. The number of anilines is 1. The van der Waals surface area contributed by atoms with Crippen LogP contribution in [0.3, 0.4) is 0 Å². The Balaban J connectivity index is 1.58. The second-order valence-corrected chi connectivity index (χ2v) is 6.79. The Morgan fingerprint density at radius 3 is 2.36 bits per heavy atom. The number of benzene rings is 3. The summed E-state index contributed by atoms with van der Waals surface area (Å²) >= 11 is 0. The fourth-order valence-electron chi connectivity index (χ4n) is 3.29. The third kappa shape index (κ3) is 4.63. The van der Waals surface area contributed by atoms with Gasteiger partial charge in [0.1, 0.15) is 5.75 Å². The lowest BCUT2D eigenvalue weighted by atomic mass is 10.1. The van der Waals surface area contributed by atoms with Crippen LogP contribution >= 0.6 is 0 Å². The van der Waals surface area contributed by atoms with E-state index in [9.17, 15) is 4.79 Å². The minimum Gasteiger partial charge on any atom is -0.480 e. The van der Waals surface area contributed by atoms with Gasteiger partial charge in [0.2, 0.25) is 0 Å². The molecule has 28 heavy (non-hydrogen) atoms. The first-order chi connectivity index (χ1) is 13.6. The first kappa shape index (κ1) is 19.7. The van der Waals surface area contributed by atoms with E-state index in [4.69, 9.17) is 4.74 Å². The first-order valence-electron chi connectivity index (χ1n) is 9.88. The zero-order valence-electron chi connectivity index (χ0n) is 16.8. The number of ether oxygens (including phenoxy) is 1. The van der Waals surface area contributed by atoms with Crippen LogP contribution in [0.4, 0.5) is 5.69 Å². The molecule has 0 aliphatic carbocycles. The Morgan fingerprint density at radius 2 is 1.64 bits per heavy atom. The molecule has 3 rings (SSSR count). The maximum atomic E-state index is 12.5. The zero-order chi connectivity index (χ0) is 19.9. The Morgan fingerprint density at radius 1 is 0.964 bits per heavy atom. The molecular formula is C24H28N2O2. The van der Waals surface area contributed by atoms with Crippen LogP contribution in [0.25, 0.3) is 10.8 Å². The van der Waals surface area contributed by atoms with Gasteiger partial charge in [-0.05, 0) is 49.9 Å². The van der Waals surface area contributed by atoms with Crippen LogP contribution in [0, 0.1) is 0 Å². The van der Waals surface area contributed by atoms with E-state index in [1.807, 2.05) is 42.5 Å². The predicted octanol–water partition coefficient (Wildman–Crippen LogP) is 4.77. The highest BCUT2D eigenvalue weighted by atomic mass is 16.5. The van der Waals surface area contributed by atoms with Crippen molar-refractivity contribution in [2.24, 2.45) is 0 Å². The van der Waals surface area contributed by atoms with Gasteiger partial charge in [0.05, 0.1) is 0 Å². The van der Waals surface area contributed by atoms with Gasteiger partial charge < -0.3 is 15.0 Å². The van der Waals surface area contributed by atoms with Gasteiger partial charge in [0, 0.05) is 30.7 Å². The van der Waals surface area contributed by atoms with Crippen molar-refractivity contribution in [2.45, 2.75) is 33.4 Å². The average Bonchev–Trinajstić information content (AvgIpc) is 2.74. The smallest absolute Gasteiger partial charge is 0.261 e. The van der Waals surface area contributed by atoms with E-state index < -0.39 is 6.10 Å². The summed E-state index contributed by atoms with van der Waals surface area (Å²) in [6, 6.07) is 22.2. The number of nitrogens with zero attached hydrogens (tertiary/aromatic N) is 1. The molecule has 1 atom stereocenters. The molecule has 0 aliphatic rings. The molecule has 0 fully saturated rings. The van der Waals surface area contributed by atoms with Gasteiger partial charge in [-0.2, -0.15) is 0 Å². The maximum absolute atomic E-state index is 12.5. The summed E-state index contributed by atoms with van der Waals surface area (Å²) in [7, 11) is 0. The third-order valence-corrected chi connectivity index (χ3v) is 4.95. The number of amides is 1. The van der Waals surface area contributed by atoms with Gasteiger partial charge in [-0.3, -0.25) is 4.79 Å². The minimum absolute atomic E-state index is 0.124. The number of carbonyl (C=O) groups excluding carboxylic acids is 1. The molecule has 0 aromatic heterocycles. The maximum Gasteiger partial charge on any atom is 0.261 e. The van der Waals surface area contributed by atoms with Gasteiger partial charge in [-0.15, -0.1) is 0 Å². The summed E-state index contributed by atoms with van der Waals surface area (Å²) in [5, 5.41) is 5.07. The lowest BCUT2D eigenvalue weighted by molar-refractivity contribution is -0.127. The second-order valence-electron chi connectivity index (χ2n) is 6.79. The van der Waals surface area contributed by atoms with Gasteiger partial charge in [0.25, 0.3) is 5.91 Å². The van der Waals surface area contributed by atoms with Crippen molar-refractivity contribution in [2.75, 3.05) is 18.0 Å².